The molecular weight excluding hydrogens is 380 g/mol. The highest BCUT2D eigenvalue weighted by Gasteiger charge is 2.12. The monoisotopic (exact) mass is 400 g/mol. The van der Waals surface area contributed by atoms with E-state index in [1.165, 1.54) is 4.57 Å². The summed E-state index contributed by atoms with van der Waals surface area (Å²) in [6.45, 7) is 0. The first-order valence-corrected chi connectivity index (χ1v) is 9.29. The summed E-state index contributed by atoms with van der Waals surface area (Å²) in [5, 5.41) is 4.80. The van der Waals surface area contributed by atoms with E-state index in [0.29, 0.717) is 28.3 Å². The van der Waals surface area contributed by atoms with Gasteiger partial charge in [0.1, 0.15) is 11.5 Å². The number of anilines is 1. The standard InChI is InChI=1S/C23H20N4O3/c1-29-18-11-7-16(8-12-18)15-24-26-23-25-21-6-4-3-5-20(21)22(28)27(23)17-9-13-19(30-2)14-10-17/h3-15H,1-2H3,(H,25,26)/b24-15+. The molecule has 0 fully saturated rings. The minimum Gasteiger partial charge on any atom is -0.497 e. The lowest BCUT2D eigenvalue weighted by atomic mass is 10.2. The molecular formula is C23H20N4O3. The molecule has 30 heavy (non-hydrogen) atoms. The fourth-order valence-corrected chi connectivity index (χ4v) is 3.03. The van der Waals surface area contributed by atoms with Crippen LogP contribution in [0.3, 0.4) is 0 Å². The Balaban J connectivity index is 1.74. The van der Waals surface area contributed by atoms with Gasteiger partial charge in [0.15, 0.2) is 0 Å². The summed E-state index contributed by atoms with van der Waals surface area (Å²) in [6.07, 6.45) is 1.65. The molecule has 7 heteroatoms. The number of hydrazone groups is 1. The molecule has 0 unspecified atom stereocenters. The van der Waals surface area contributed by atoms with Crippen LogP contribution in [0.15, 0.2) is 82.7 Å². The van der Waals surface area contributed by atoms with Crippen molar-refractivity contribution in [2.75, 3.05) is 19.6 Å². The van der Waals surface area contributed by atoms with Crippen LogP contribution in [-0.2, 0) is 0 Å². The lowest BCUT2D eigenvalue weighted by Crippen LogP contribution is -2.22. The SMILES string of the molecule is COc1ccc(/C=N/Nc2nc3ccccc3c(=O)n2-c2ccc(OC)cc2)cc1. The molecule has 0 aliphatic rings. The minimum atomic E-state index is -0.187. The average molecular weight is 400 g/mol. The van der Waals surface area contributed by atoms with Crippen molar-refractivity contribution in [1.29, 1.82) is 0 Å². The molecule has 4 rings (SSSR count). The number of rotatable bonds is 6. The summed E-state index contributed by atoms with van der Waals surface area (Å²) in [5.74, 6) is 1.78. The van der Waals surface area contributed by atoms with Gasteiger partial charge >= 0.3 is 0 Å². The normalized spacial score (nSPS) is 11.0. The second kappa shape index (κ2) is 8.48. The molecule has 0 aliphatic heterocycles. The van der Waals surface area contributed by atoms with Crippen LogP contribution in [0.5, 0.6) is 11.5 Å². The number of fused-ring (bicyclic) bond motifs is 1. The van der Waals surface area contributed by atoms with E-state index in [4.69, 9.17) is 9.47 Å². The Bertz CT molecular complexity index is 1250. The van der Waals surface area contributed by atoms with Gasteiger partial charge in [0.2, 0.25) is 5.95 Å². The Hall–Kier alpha value is -4.13. The zero-order valence-electron chi connectivity index (χ0n) is 16.6. The minimum absolute atomic E-state index is 0.187. The summed E-state index contributed by atoms with van der Waals surface area (Å²) in [6, 6.07) is 21.9. The van der Waals surface area contributed by atoms with Crippen molar-refractivity contribution in [3.63, 3.8) is 0 Å². The first-order chi connectivity index (χ1) is 14.7. The van der Waals surface area contributed by atoms with Crippen molar-refractivity contribution in [2.45, 2.75) is 0 Å². The molecule has 0 aliphatic carbocycles. The molecule has 0 saturated carbocycles. The van der Waals surface area contributed by atoms with E-state index in [1.54, 1.807) is 56.8 Å². The molecule has 150 valence electrons. The van der Waals surface area contributed by atoms with Gasteiger partial charge in [-0.15, -0.1) is 0 Å². The van der Waals surface area contributed by atoms with Gasteiger partial charge in [-0.1, -0.05) is 12.1 Å². The van der Waals surface area contributed by atoms with E-state index in [1.807, 2.05) is 36.4 Å². The second-order valence-corrected chi connectivity index (χ2v) is 6.43. The maximum absolute atomic E-state index is 13.2. The molecule has 0 atom stereocenters. The number of hydrogen-bond donors (Lipinski definition) is 1. The van der Waals surface area contributed by atoms with Gasteiger partial charge in [-0.25, -0.2) is 15.0 Å². The Kier molecular flexibility index (Phi) is 5.43. The smallest absolute Gasteiger partial charge is 0.267 e. The topological polar surface area (TPSA) is 77.7 Å². The molecule has 0 saturated heterocycles. The van der Waals surface area contributed by atoms with E-state index in [2.05, 4.69) is 15.5 Å². The van der Waals surface area contributed by atoms with Crippen LogP contribution in [0.4, 0.5) is 5.95 Å². The van der Waals surface area contributed by atoms with Crippen LogP contribution < -0.4 is 20.5 Å². The van der Waals surface area contributed by atoms with E-state index < -0.39 is 0 Å². The zero-order chi connectivity index (χ0) is 20.9. The number of nitrogens with one attached hydrogen (secondary N) is 1. The predicted molar refractivity (Wildman–Crippen MR) is 118 cm³/mol. The van der Waals surface area contributed by atoms with Crippen molar-refractivity contribution >= 4 is 23.1 Å². The Morgan fingerprint density at radius 3 is 2.20 bits per heavy atom. The largest absolute Gasteiger partial charge is 0.497 e. The number of hydrogen-bond acceptors (Lipinski definition) is 6. The number of nitrogens with zero attached hydrogens (tertiary/aromatic N) is 3. The highest BCUT2D eigenvalue weighted by Crippen LogP contribution is 2.19. The van der Waals surface area contributed by atoms with Crippen LogP contribution in [0, 0.1) is 0 Å². The van der Waals surface area contributed by atoms with Crippen molar-refractivity contribution in [1.82, 2.24) is 9.55 Å². The van der Waals surface area contributed by atoms with E-state index >= 15 is 0 Å². The third kappa shape index (κ3) is 3.86. The lowest BCUT2D eigenvalue weighted by Gasteiger charge is -2.13. The zero-order valence-corrected chi connectivity index (χ0v) is 16.6. The fraction of sp³-hybridized carbons (Fsp3) is 0.0870. The van der Waals surface area contributed by atoms with E-state index in [9.17, 15) is 4.79 Å². The Labute approximate surface area is 173 Å². The van der Waals surface area contributed by atoms with Gasteiger partial charge in [0, 0.05) is 0 Å². The summed E-state index contributed by atoms with van der Waals surface area (Å²) >= 11 is 0. The molecule has 0 radical (unpaired) electrons. The number of ether oxygens (including phenoxy) is 2. The summed E-state index contributed by atoms with van der Waals surface area (Å²) in [7, 11) is 3.22. The maximum Gasteiger partial charge on any atom is 0.267 e. The van der Waals surface area contributed by atoms with E-state index in [0.717, 1.165) is 11.3 Å². The third-order valence-corrected chi connectivity index (χ3v) is 4.60. The third-order valence-electron chi connectivity index (χ3n) is 4.60. The van der Waals surface area contributed by atoms with Crippen molar-refractivity contribution in [3.05, 3.63) is 88.7 Å². The molecule has 1 N–H and O–H groups in total. The van der Waals surface area contributed by atoms with Gasteiger partial charge in [0.25, 0.3) is 5.56 Å². The quantitative estimate of drug-likeness (QED) is 0.393. The summed E-state index contributed by atoms with van der Waals surface area (Å²) < 4.78 is 11.9. The van der Waals surface area contributed by atoms with Crippen LogP contribution in [0.2, 0.25) is 0 Å². The van der Waals surface area contributed by atoms with Crippen LogP contribution in [-0.4, -0.2) is 30.0 Å². The number of methoxy groups -OCH3 is 2. The highest BCUT2D eigenvalue weighted by molar-refractivity contribution is 5.81. The van der Waals surface area contributed by atoms with Crippen LogP contribution in [0.1, 0.15) is 5.56 Å². The first kappa shape index (κ1) is 19.2. The Morgan fingerprint density at radius 2 is 1.53 bits per heavy atom. The molecule has 7 nitrogen and oxygen atoms in total. The number of aromatic nitrogens is 2. The maximum atomic E-state index is 13.2. The van der Waals surface area contributed by atoms with Crippen LogP contribution >= 0.6 is 0 Å². The van der Waals surface area contributed by atoms with E-state index in [-0.39, 0.29) is 5.56 Å². The summed E-state index contributed by atoms with van der Waals surface area (Å²) in [5.41, 5.74) is 4.85. The Morgan fingerprint density at radius 1 is 0.900 bits per heavy atom. The molecule has 3 aromatic carbocycles. The molecule has 4 aromatic rings. The van der Waals surface area contributed by atoms with Gasteiger partial charge < -0.3 is 9.47 Å². The summed E-state index contributed by atoms with van der Waals surface area (Å²) in [4.78, 5) is 17.8. The first-order valence-electron chi connectivity index (χ1n) is 9.29. The van der Waals surface area contributed by atoms with Gasteiger partial charge in [-0.2, -0.15) is 5.10 Å². The predicted octanol–water partition coefficient (Wildman–Crippen LogP) is 3.85. The van der Waals surface area contributed by atoms with Gasteiger partial charge in [-0.3, -0.25) is 4.79 Å². The second-order valence-electron chi connectivity index (χ2n) is 6.43. The fourth-order valence-electron chi connectivity index (χ4n) is 3.03. The van der Waals surface area contributed by atoms with Crippen LogP contribution in [0.25, 0.3) is 16.6 Å². The van der Waals surface area contributed by atoms with Crippen molar-refractivity contribution < 1.29 is 9.47 Å². The number of benzene rings is 3. The molecule has 1 heterocycles. The molecule has 1 aromatic heterocycles. The average Bonchev–Trinajstić information content (AvgIpc) is 2.80. The lowest BCUT2D eigenvalue weighted by molar-refractivity contribution is 0.414. The molecule has 0 spiro atoms. The van der Waals surface area contributed by atoms with Gasteiger partial charge in [0.05, 0.1) is 37.0 Å². The number of para-hydroxylation sites is 1. The van der Waals surface area contributed by atoms with Crippen molar-refractivity contribution in [2.24, 2.45) is 5.10 Å². The highest BCUT2D eigenvalue weighted by atomic mass is 16.5. The van der Waals surface area contributed by atoms with Gasteiger partial charge in [-0.05, 0) is 66.2 Å². The van der Waals surface area contributed by atoms with Crippen molar-refractivity contribution in [3.8, 4) is 17.2 Å². The molecule has 0 amide bonds. The molecule has 0 bridgehead atoms.